The summed E-state index contributed by atoms with van der Waals surface area (Å²) in [5, 5.41) is 17.8. The van der Waals surface area contributed by atoms with Crippen LogP contribution in [0, 0.1) is 5.92 Å². The van der Waals surface area contributed by atoms with Crippen LogP contribution in [0.1, 0.15) is 19.8 Å². The van der Waals surface area contributed by atoms with Crippen LogP contribution in [0.3, 0.4) is 0 Å². The van der Waals surface area contributed by atoms with Gasteiger partial charge in [0.05, 0.1) is 0 Å². The predicted octanol–water partition coefficient (Wildman–Crippen LogP) is -0.624. The Morgan fingerprint density at radius 3 is 2.31 bits per heavy atom. The summed E-state index contributed by atoms with van der Waals surface area (Å²) >= 11 is 0. The van der Waals surface area contributed by atoms with Crippen molar-refractivity contribution in [3.05, 3.63) is 0 Å². The van der Waals surface area contributed by atoms with Crippen molar-refractivity contribution in [3.8, 4) is 0 Å². The maximum Gasteiger partial charge on any atom is 0.314 e. The quantitative estimate of drug-likeness (QED) is 0.483. The number of carboxylic acid groups (broad SMARTS) is 1. The molecule has 5 heteroatoms. The summed E-state index contributed by atoms with van der Waals surface area (Å²) in [6, 6.07) is 0. The van der Waals surface area contributed by atoms with E-state index >= 15 is 0 Å². The lowest BCUT2D eigenvalue weighted by Crippen LogP contribution is -2.34. The number of carbonyl (C=O) groups is 2. The molecule has 2 unspecified atom stereocenters. The minimum atomic E-state index is -1.24. The highest BCUT2D eigenvalue weighted by molar-refractivity contribution is 6.00. The molecule has 76 valence electrons. The second kappa shape index (κ2) is 5.66. The molecule has 0 heterocycles. The third-order valence-corrected chi connectivity index (χ3v) is 1.82. The van der Waals surface area contributed by atoms with Crippen molar-refractivity contribution in [3.63, 3.8) is 0 Å². The van der Waals surface area contributed by atoms with Crippen LogP contribution in [0.4, 0.5) is 0 Å². The number of nitrogens with two attached hydrogens (primary N) is 1. The van der Waals surface area contributed by atoms with Gasteiger partial charge in [-0.2, -0.15) is 0 Å². The number of aliphatic hydroxyl groups is 1. The normalized spacial score (nSPS) is 15.0. The molecule has 0 aliphatic carbocycles. The first kappa shape index (κ1) is 12.1. The lowest BCUT2D eigenvalue weighted by molar-refractivity contribution is -0.149. The lowest BCUT2D eigenvalue weighted by atomic mass is 9.96. The van der Waals surface area contributed by atoms with E-state index in [1.165, 1.54) is 0 Å². The number of ketones is 1. The number of aliphatic carboxylic acids is 1. The second-order valence-electron chi connectivity index (χ2n) is 2.79. The Morgan fingerprint density at radius 2 is 2.00 bits per heavy atom. The number of carboxylic acids is 1. The summed E-state index contributed by atoms with van der Waals surface area (Å²) in [6.07, 6.45) is -0.940. The topological polar surface area (TPSA) is 101 Å². The van der Waals surface area contributed by atoms with Crippen LogP contribution in [0.15, 0.2) is 0 Å². The first-order valence-electron chi connectivity index (χ1n) is 4.19. The van der Waals surface area contributed by atoms with Crippen molar-refractivity contribution in [2.75, 3.05) is 6.54 Å². The zero-order valence-corrected chi connectivity index (χ0v) is 7.56. The smallest absolute Gasteiger partial charge is 0.314 e. The summed E-state index contributed by atoms with van der Waals surface area (Å²) < 4.78 is 0. The van der Waals surface area contributed by atoms with Gasteiger partial charge in [0, 0.05) is 0 Å². The van der Waals surface area contributed by atoms with E-state index in [4.69, 9.17) is 10.8 Å². The van der Waals surface area contributed by atoms with Crippen molar-refractivity contribution in [1.82, 2.24) is 0 Å². The van der Waals surface area contributed by atoms with Crippen molar-refractivity contribution in [1.29, 1.82) is 0 Å². The molecule has 0 aromatic heterocycles. The molecule has 0 aromatic carbocycles. The van der Waals surface area contributed by atoms with E-state index < -0.39 is 23.8 Å². The average Bonchev–Trinajstić information content (AvgIpc) is 2.05. The number of carbonyl (C=O) groups excluding carboxylic acids is 1. The van der Waals surface area contributed by atoms with Crippen LogP contribution >= 0.6 is 0 Å². The largest absolute Gasteiger partial charge is 0.481 e. The van der Waals surface area contributed by atoms with E-state index in [9.17, 15) is 14.7 Å². The van der Waals surface area contributed by atoms with Gasteiger partial charge < -0.3 is 15.9 Å². The van der Waals surface area contributed by atoms with Gasteiger partial charge >= 0.3 is 5.97 Å². The number of aliphatic hydroxyl groups excluding tert-OH is 1. The Labute approximate surface area is 76.5 Å². The number of hydrogen-bond donors (Lipinski definition) is 3. The van der Waals surface area contributed by atoms with Gasteiger partial charge in [0.15, 0.2) is 5.78 Å². The van der Waals surface area contributed by atoms with Crippen molar-refractivity contribution >= 4 is 11.8 Å². The second-order valence-corrected chi connectivity index (χ2v) is 2.79. The first-order valence-corrected chi connectivity index (χ1v) is 4.19. The van der Waals surface area contributed by atoms with E-state index in [-0.39, 0.29) is 19.4 Å². The highest BCUT2D eigenvalue weighted by atomic mass is 16.4. The molecule has 5 nitrogen and oxygen atoms in total. The van der Waals surface area contributed by atoms with E-state index in [2.05, 4.69) is 0 Å². The number of rotatable bonds is 6. The molecule has 0 amide bonds. The third kappa shape index (κ3) is 3.52. The summed E-state index contributed by atoms with van der Waals surface area (Å²) in [6.45, 7) is 1.76. The molecule has 2 atom stereocenters. The lowest BCUT2D eigenvalue weighted by Gasteiger charge is -2.12. The molecule has 0 saturated carbocycles. The third-order valence-electron chi connectivity index (χ3n) is 1.82. The SMILES string of the molecule is CCC(C(=O)O)C(=O)C(O)CCN. The molecule has 0 radical (unpaired) electrons. The minimum absolute atomic E-state index is 0.114. The Morgan fingerprint density at radius 1 is 1.46 bits per heavy atom. The maximum atomic E-state index is 11.2. The van der Waals surface area contributed by atoms with Crippen LogP contribution in [-0.2, 0) is 9.59 Å². The van der Waals surface area contributed by atoms with Crippen LogP contribution in [0.5, 0.6) is 0 Å². The molecule has 0 aliphatic rings. The molecule has 0 bridgehead atoms. The van der Waals surface area contributed by atoms with E-state index in [1.807, 2.05) is 0 Å². The standard InChI is InChI=1S/C8H15NO4/c1-2-5(8(12)13)7(11)6(10)3-4-9/h5-6,10H,2-4,9H2,1H3,(H,12,13). The van der Waals surface area contributed by atoms with Crippen LogP contribution in [-0.4, -0.2) is 34.6 Å². The molecular formula is C8H15NO4. The molecule has 0 saturated heterocycles. The zero-order valence-electron chi connectivity index (χ0n) is 7.56. The van der Waals surface area contributed by atoms with Gasteiger partial charge in [-0.1, -0.05) is 6.92 Å². The van der Waals surface area contributed by atoms with Gasteiger partial charge in [-0.25, -0.2) is 0 Å². The highest BCUT2D eigenvalue weighted by Gasteiger charge is 2.28. The Kier molecular flexibility index (Phi) is 5.25. The molecule has 0 fully saturated rings. The van der Waals surface area contributed by atoms with Gasteiger partial charge in [-0.15, -0.1) is 0 Å². The Balaban J connectivity index is 4.28. The predicted molar refractivity (Wildman–Crippen MR) is 46.1 cm³/mol. The molecule has 0 aromatic rings. The monoisotopic (exact) mass is 189 g/mol. The molecule has 0 rings (SSSR count). The van der Waals surface area contributed by atoms with Crippen molar-refractivity contribution < 1.29 is 19.8 Å². The molecule has 0 spiro atoms. The van der Waals surface area contributed by atoms with Crippen molar-refractivity contribution in [2.24, 2.45) is 11.7 Å². The van der Waals surface area contributed by atoms with E-state index in [0.29, 0.717) is 0 Å². The zero-order chi connectivity index (χ0) is 10.4. The van der Waals surface area contributed by atoms with Crippen molar-refractivity contribution in [2.45, 2.75) is 25.9 Å². The molecule has 0 aliphatic heterocycles. The first-order chi connectivity index (χ1) is 6.04. The molecule has 4 N–H and O–H groups in total. The van der Waals surface area contributed by atoms with E-state index in [1.54, 1.807) is 6.92 Å². The fourth-order valence-electron chi connectivity index (χ4n) is 1.03. The summed E-state index contributed by atoms with van der Waals surface area (Å²) in [7, 11) is 0. The minimum Gasteiger partial charge on any atom is -0.481 e. The molecular weight excluding hydrogens is 174 g/mol. The van der Waals surface area contributed by atoms with Crippen LogP contribution in [0.25, 0.3) is 0 Å². The molecule has 13 heavy (non-hydrogen) atoms. The van der Waals surface area contributed by atoms with Gasteiger partial charge in [-0.3, -0.25) is 9.59 Å². The van der Waals surface area contributed by atoms with Gasteiger partial charge in [0.1, 0.15) is 12.0 Å². The Hall–Kier alpha value is -0.940. The highest BCUT2D eigenvalue weighted by Crippen LogP contribution is 2.08. The van der Waals surface area contributed by atoms with Crippen LogP contribution in [0.2, 0.25) is 0 Å². The summed E-state index contributed by atoms with van der Waals surface area (Å²) in [4.78, 5) is 21.7. The number of Topliss-reactive ketones (excluding diaryl/α,β-unsaturated/α-hetero) is 1. The summed E-state index contributed by atoms with van der Waals surface area (Å²) in [5.74, 6) is -2.95. The summed E-state index contributed by atoms with van der Waals surface area (Å²) in [5.41, 5.74) is 5.13. The fourth-order valence-corrected chi connectivity index (χ4v) is 1.03. The fraction of sp³-hybridized carbons (Fsp3) is 0.750. The van der Waals surface area contributed by atoms with E-state index in [0.717, 1.165) is 0 Å². The van der Waals surface area contributed by atoms with Gasteiger partial charge in [0.2, 0.25) is 0 Å². The average molecular weight is 189 g/mol. The number of hydrogen-bond acceptors (Lipinski definition) is 4. The van der Waals surface area contributed by atoms with Crippen LogP contribution < -0.4 is 5.73 Å². The maximum absolute atomic E-state index is 11.2. The van der Waals surface area contributed by atoms with Gasteiger partial charge in [0.25, 0.3) is 0 Å². The van der Waals surface area contributed by atoms with Gasteiger partial charge in [-0.05, 0) is 19.4 Å². The Bertz CT molecular complexity index is 193.